The van der Waals surface area contributed by atoms with Crippen LogP contribution in [0, 0.1) is 0 Å². The van der Waals surface area contributed by atoms with Crippen molar-refractivity contribution in [1.82, 2.24) is 4.90 Å². The topological polar surface area (TPSA) is 68.0 Å². The van der Waals surface area contributed by atoms with Crippen LogP contribution in [0.1, 0.15) is 28.4 Å². The van der Waals surface area contributed by atoms with Crippen LogP contribution in [0.5, 0.6) is 5.75 Å². The Kier molecular flexibility index (Phi) is 7.49. The Morgan fingerprint density at radius 2 is 1.79 bits per heavy atom. The number of fused-ring (bicyclic) bond motifs is 1. The molecule has 0 aromatic heterocycles. The van der Waals surface area contributed by atoms with Crippen molar-refractivity contribution in [1.29, 1.82) is 0 Å². The number of likely N-dealkylation sites (N-methyl/N-ethyl adjacent to an activating group) is 1. The molecule has 2 heterocycles. The third-order valence-electron chi connectivity index (χ3n) is 5.52. The zero-order valence-electron chi connectivity index (χ0n) is 17.4. The van der Waals surface area contributed by atoms with Crippen molar-refractivity contribution in [3.8, 4) is 5.75 Å². The van der Waals surface area contributed by atoms with Crippen LogP contribution in [0.4, 0.5) is 5.69 Å². The van der Waals surface area contributed by atoms with Gasteiger partial charge in [0.1, 0.15) is 5.75 Å². The molecule has 1 amide bonds. The van der Waals surface area contributed by atoms with Gasteiger partial charge in [-0.3, -0.25) is 4.79 Å². The number of ether oxygens (including phenoxy) is 2. The SMILES string of the molecule is CCN1CCN(c2ccc(OC)cc2)CC1.NC(=O)c1ccc2c(c1)CCOC2. The fourth-order valence-electron chi connectivity index (χ4n) is 3.63. The van der Waals surface area contributed by atoms with Gasteiger partial charge in [-0.1, -0.05) is 13.0 Å². The number of methoxy groups -OCH3 is 1. The molecule has 0 saturated carbocycles. The van der Waals surface area contributed by atoms with Crippen molar-refractivity contribution in [3.63, 3.8) is 0 Å². The van der Waals surface area contributed by atoms with Crippen LogP contribution in [0.2, 0.25) is 0 Å². The van der Waals surface area contributed by atoms with Gasteiger partial charge in [0, 0.05) is 37.4 Å². The Labute approximate surface area is 173 Å². The van der Waals surface area contributed by atoms with E-state index in [9.17, 15) is 4.79 Å². The van der Waals surface area contributed by atoms with E-state index in [1.807, 2.05) is 24.3 Å². The number of anilines is 1. The first-order valence-corrected chi connectivity index (χ1v) is 10.2. The molecule has 156 valence electrons. The molecule has 2 aromatic rings. The van der Waals surface area contributed by atoms with Crippen LogP contribution >= 0.6 is 0 Å². The van der Waals surface area contributed by atoms with Crippen molar-refractivity contribution in [2.75, 3.05) is 51.3 Å². The molecule has 6 heteroatoms. The molecule has 0 atom stereocenters. The van der Waals surface area contributed by atoms with Crippen LogP contribution in [-0.2, 0) is 17.8 Å². The van der Waals surface area contributed by atoms with Gasteiger partial charge in [-0.05, 0) is 60.5 Å². The summed E-state index contributed by atoms with van der Waals surface area (Å²) in [7, 11) is 1.70. The summed E-state index contributed by atoms with van der Waals surface area (Å²) in [6, 6.07) is 13.9. The molecule has 2 aliphatic heterocycles. The molecule has 1 fully saturated rings. The minimum atomic E-state index is -0.366. The Bertz CT molecular complexity index is 800. The molecule has 2 aliphatic rings. The zero-order valence-corrected chi connectivity index (χ0v) is 17.4. The van der Waals surface area contributed by atoms with Gasteiger partial charge >= 0.3 is 0 Å². The van der Waals surface area contributed by atoms with Gasteiger partial charge in [-0.25, -0.2) is 0 Å². The lowest BCUT2D eigenvalue weighted by Gasteiger charge is -2.35. The molecule has 0 spiro atoms. The molecule has 2 N–H and O–H groups in total. The summed E-state index contributed by atoms with van der Waals surface area (Å²) in [5.74, 6) is 0.560. The number of rotatable bonds is 4. The standard InChI is InChI=1S/C13H20N2O.C10H11NO2/c1-3-14-8-10-15(11-9-14)12-4-6-13(16-2)7-5-12;11-10(12)8-1-2-9-6-13-4-3-7(9)5-8/h4-7H,3,8-11H2,1-2H3;1-2,5H,3-4,6H2,(H2,11,12). The maximum Gasteiger partial charge on any atom is 0.248 e. The summed E-state index contributed by atoms with van der Waals surface area (Å²) in [6.45, 7) is 9.36. The first kappa shape index (κ1) is 21.1. The van der Waals surface area contributed by atoms with Crippen LogP contribution in [0.15, 0.2) is 42.5 Å². The number of nitrogens with two attached hydrogens (primary N) is 1. The van der Waals surface area contributed by atoms with E-state index in [1.165, 1.54) is 24.3 Å². The third-order valence-corrected chi connectivity index (χ3v) is 5.52. The third kappa shape index (κ3) is 5.71. The maximum atomic E-state index is 10.9. The maximum absolute atomic E-state index is 10.9. The minimum Gasteiger partial charge on any atom is -0.497 e. The smallest absolute Gasteiger partial charge is 0.248 e. The Hall–Kier alpha value is -2.57. The number of carbonyl (C=O) groups is 1. The van der Waals surface area contributed by atoms with Gasteiger partial charge in [0.25, 0.3) is 0 Å². The zero-order chi connectivity index (χ0) is 20.6. The molecule has 1 saturated heterocycles. The normalized spacial score (nSPS) is 16.4. The highest BCUT2D eigenvalue weighted by atomic mass is 16.5. The molecule has 0 radical (unpaired) electrons. The number of hydrogen-bond donors (Lipinski definition) is 1. The molecular formula is C23H31N3O3. The molecular weight excluding hydrogens is 366 g/mol. The minimum absolute atomic E-state index is 0.366. The predicted octanol–water partition coefficient (Wildman–Crippen LogP) is 2.70. The van der Waals surface area contributed by atoms with E-state index in [0.29, 0.717) is 12.2 Å². The van der Waals surface area contributed by atoms with E-state index in [2.05, 4.69) is 28.9 Å². The summed E-state index contributed by atoms with van der Waals surface area (Å²) in [6.07, 6.45) is 0.871. The number of benzene rings is 2. The second-order valence-electron chi connectivity index (χ2n) is 7.27. The Morgan fingerprint density at radius 3 is 2.41 bits per heavy atom. The summed E-state index contributed by atoms with van der Waals surface area (Å²) >= 11 is 0. The van der Waals surface area contributed by atoms with Gasteiger partial charge in [0.15, 0.2) is 0 Å². The molecule has 29 heavy (non-hydrogen) atoms. The average molecular weight is 398 g/mol. The van der Waals surface area contributed by atoms with Crippen molar-refractivity contribution in [3.05, 3.63) is 59.2 Å². The second kappa shape index (κ2) is 10.3. The number of amides is 1. The van der Waals surface area contributed by atoms with E-state index in [1.54, 1.807) is 13.2 Å². The predicted molar refractivity (Wildman–Crippen MR) is 116 cm³/mol. The first-order chi connectivity index (χ1) is 14.1. The fraction of sp³-hybridized carbons (Fsp3) is 0.435. The van der Waals surface area contributed by atoms with Gasteiger partial charge in [0.05, 0.1) is 20.3 Å². The largest absolute Gasteiger partial charge is 0.497 e. The first-order valence-electron chi connectivity index (χ1n) is 10.2. The van der Waals surface area contributed by atoms with E-state index < -0.39 is 0 Å². The van der Waals surface area contributed by atoms with E-state index in [0.717, 1.165) is 44.0 Å². The Balaban J connectivity index is 0.000000169. The highest BCUT2D eigenvalue weighted by molar-refractivity contribution is 5.93. The molecule has 0 aliphatic carbocycles. The van der Waals surface area contributed by atoms with E-state index in [4.69, 9.17) is 15.2 Å². The number of carbonyl (C=O) groups excluding carboxylic acids is 1. The van der Waals surface area contributed by atoms with E-state index in [-0.39, 0.29) is 5.91 Å². The van der Waals surface area contributed by atoms with Gasteiger partial charge in [0.2, 0.25) is 5.91 Å². The lowest BCUT2D eigenvalue weighted by atomic mass is 10.0. The number of hydrogen-bond acceptors (Lipinski definition) is 5. The van der Waals surface area contributed by atoms with Crippen molar-refractivity contribution >= 4 is 11.6 Å². The molecule has 6 nitrogen and oxygen atoms in total. The molecule has 0 unspecified atom stereocenters. The molecule has 4 rings (SSSR count). The summed E-state index contributed by atoms with van der Waals surface area (Å²) < 4.78 is 10.4. The molecule has 2 aromatic carbocycles. The quantitative estimate of drug-likeness (QED) is 0.859. The fourth-order valence-corrected chi connectivity index (χ4v) is 3.63. The molecule has 0 bridgehead atoms. The van der Waals surface area contributed by atoms with Crippen molar-refractivity contribution in [2.45, 2.75) is 20.0 Å². The lowest BCUT2D eigenvalue weighted by molar-refractivity contribution is 0.0997. The van der Waals surface area contributed by atoms with Gasteiger partial charge in [-0.15, -0.1) is 0 Å². The van der Waals surface area contributed by atoms with Crippen LogP contribution in [0.3, 0.4) is 0 Å². The summed E-state index contributed by atoms with van der Waals surface area (Å²) in [5, 5.41) is 0. The average Bonchev–Trinajstić information content (AvgIpc) is 2.79. The second-order valence-corrected chi connectivity index (χ2v) is 7.27. The van der Waals surface area contributed by atoms with Crippen molar-refractivity contribution in [2.24, 2.45) is 5.73 Å². The van der Waals surface area contributed by atoms with Gasteiger partial charge in [-0.2, -0.15) is 0 Å². The van der Waals surface area contributed by atoms with Crippen LogP contribution in [0.25, 0.3) is 0 Å². The number of primary amides is 1. The number of piperazine rings is 1. The van der Waals surface area contributed by atoms with Gasteiger partial charge < -0.3 is 25.0 Å². The highest BCUT2D eigenvalue weighted by Gasteiger charge is 2.15. The lowest BCUT2D eigenvalue weighted by Crippen LogP contribution is -2.46. The Morgan fingerprint density at radius 1 is 1.07 bits per heavy atom. The highest BCUT2D eigenvalue weighted by Crippen LogP contribution is 2.20. The van der Waals surface area contributed by atoms with Crippen LogP contribution < -0.4 is 15.4 Å². The summed E-state index contributed by atoms with van der Waals surface area (Å²) in [4.78, 5) is 15.8. The summed E-state index contributed by atoms with van der Waals surface area (Å²) in [5.41, 5.74) is 9.41. The van der Waals surface area contributed by atoms with Crippen LogP contribution in [-0.4, -0.2) is 57.2 Å². The monoisotopic (exact) mass is 397 g/mol. The van der Waals surface area contributed by atoms with Crippen molar-refractivity contribution < 1.29 is 14.3 Å². The number of nitrogens with zero attached hydrogens (tertiary/aromatic N) is 2. The van der Waals surface area contributed by atoms with E-state index >= 15 is 0 Å².